The molecule has 3 rings (SSSR count). The maximum atomic E-state index is 10.8. The summed E-state index contributed by atoms with van der Waals surface area (Å²) in [5, 5.41) is 12.7. The van der Waals surface area contributed by atoms with Crippen molar-refractivity contribution >= 4 is 39.1 Å². The van der Waals surface area contributed by atoms with E-state index in [1.165, 1.54) is 12.1 Å². The second kappa shape index (κ2) is 4.17. The highest BCUT2D eigenvalue weighted by Gasteiger charge is 2.12. The van der Waals surface area contributed by atoms with Crippen molar-refractivity contribution in [1.82, 2.24) is 4.98 Å². The molecule has 0 spiro atoms. The van der Waals surface area contributed by atoms with Crippen molar-refractivity contribution in [3.63, 3.8) is 0 Å². The summed E-state index contributed by atoms with van der Waals surface area (Å²) < 4.78 is 0. The standard InChI is InChI=1S/C14H9ClN2O2/c1-8-2-4-12-10(6-8)14(15)11-7-9(17(18)19)3-5-13(11)16-12/h2-7H,1H3. The van der Waals surface area contributed by atoms with Crippen LogP contribution in [0.5, 0.6) is 0 Å². The van der Waals surface area contributed by atoms with E-state index in [1.807, 2.05) is 25.1 Å². The van der Waals surface area contributed by atoms with E-state index in [2.05, 4.69) is 4.98 Å². The van der Waals surface area contributed by atoms with Crippen molar-refractivity contribution in [3.05, 3.63) is 57.1 Å². The molecule has 0 N–H and O–H groups in total. The number of nitrogens with zero attached hydrogens (tertiary/aromatic N) is 2. The Morgan fingerprint density at radius 3 is 2.42 bits per heavy atom. The van der Waals surface area contributed by atoms with E-state index in [1.54, 1.807) is 6.07 Å². The van der Waals surface area contributed by atoms with Crippen LogP contribution in [0.2, 0.25) is 5.02 Å². The van der Waals surface area contributed by atoms with Gasteiger partial charge in [-0.3, -0.25) is 10.1 Å². The maximum absolute atomic E-state index is 10.8. The Labute approximate surface area is 113 Å². The monoisotopic (exact) mass is 272 g/mol. The molecule has 0 unspecified atom stereocenters. The van der Waals surface area contributed by atoms with E-state index in [4.69, 9.17) is 11.6 Å². The number of hydrogen-bond donors (Lipinski definition) is 0. The Hall–Kier alpha value is -2.20. The van der Waals surface area contributed by atoms with Gasteiger partial charge in [0, 0.05) is 22.9 Å². The normalized spacial score (nSPS) is 11.1. The minimum absolute atomic E-state index is 0.0169. The molecule has 94 valence electrons. The van der Waals surface area contributed by atoms with E-state index in [-0.39, 0.29) is 5.69 Å². The number of aryl methyl sites for hydroxylation is 1. The van der Waals surface area contributed by atoms with Crippen molar-refractivity contribution in [2.24, 2.45) is 0 Å². The average molecular weight is 273 g/mol. The van der Waals surface area contributed by atoms with E-state index < -0.39 is 4.92 Å². The fraction of sp³-hybridized carbons (Fsp3) is 0.0714. The van der Waals surface area contributed by atoms with Gasteiger partial charge in [0.05, 0.1) is 21.0 Å². The van der Waals surface area contributed by atoms with Crippen LogP contribution in [0.25, 0.3) is 21.8 Å². The van der Waals surface area contributed by atoms with Crippen LogP contribution in [0, 0.1) is 17.0 Å². The first kappa shape index (κ1) is 11.9. The molecule has 0 amide bonds. The van der Waals surface area contributed by atoms with Gasteiger partial charge in [0.15, 0.2) is 0 Å². The van der Waals surface area contributed by atoms with E-state index in [0.29, 0.717) is 15.9 Å². The third kappa shape index (κ3) is 1.90. The molecule has 0 aliphatic carbocycles. The third-order valence-electron chi connectivity index (χ3n) is 3.06. The predicted molar refractivity (Wildman–Crippen MR) is 75.7 cm³/mol. The first-order valence-corrected chi connectivity index (χ1v) is 6.08. The molecule has 1 aromatic heterocycles. The molecular weight excluding hydrogens is 264 g/mol. The molecule has 0 aliphatic rings. The number of pyridine rings is 1. The molecule has 2 aromatic carbocycles. The van der Waals surface area contributed by atoms with Gasteiger partial charge >= 0.3 is 0 Å². The lowest BCUT2D eigenvalue weighted by molar-refractivity contribution is -0.384. The van der Waals surface area contributed by atoms with Crippen LogP contribution in [0.15, 0.2) is 36.4 Å². The quantitative estimate of drug-likeness (QED) is 0.378. The highest BCUT2D eigenvalue weighted by Crippen LogP contribution is 2.32. The maximum Gasteiger partial charge on any atom is 0.270 e. The van der Waals surface area contributed by atoms with Crippen molar-refractivity contribution < 1.29 is 4.92 Å². The zero-order valence-electron chi connectivity index (χ0n) is 10.1. The Morgan fingerprint density at radius 2 is 1.74 bits per heavy atom. The number of benzene rings is 2. The summed E-state index contributed by atoms with van der Waals surface area (Å²) in [6.45, 7) is 1.97. The molecule has 0 aliphatic heterocycles. The van der Waals surface area contributed by atoms with Crippen molar-refractivity contribution in [2.75, 3.05) is 0 Å². The third-order valence-corrected chi connectivity index (χ3v) is 3.46. The number of rotatable bonds is 1. The fourth-order valence-electron chi connectivity index (χ4n) is 2.11. The molecule has 19 heavy (non-hydrogen) atoms. The van der Waals surface area contributed by atoms with Crippen molar-refractivity contribution in [1.29, 1.82) is 0 Å². The van der Waals surface area contributed by atoms with Crippen LogP contribution in [0.4, 0.5) is 5.69 Å². The van der Waals surface area contributed by atoms with E-state index >= 15 is 0 Å². The summed E-state index contributed by atoms with van der Waals surface area (Å²) in [4.78, 5) is 14.9. The number of fused-ring (bicyclic) bond motifs is 2. The Kier molecular flexibility index (Phi) is 2.61. The van der Waals surface area contributed by atoms with E-state index in [9.17, 15) is 10.1 Å². The number of nitro benzene ring substituents is 1. The van der Waals surface area contributed by atoms with Crippen LogP contribution in [-0.2, 0) is 0 Å². The van der Waals surface area contributed by atoms with Gasteiger partial charge in [-0.15, -0.1) is 0 Å². The van der Waals surface area contributed by atoms with Crippen molar-refractivity contribution in [3.8, 4) is 0 Å². The molecule has 0 bridgehead atoms. The Balaban J connectivity index is 2.44. The topological polar surface area (TPSA) is 56.0 Å². The summed E-state index contributed by atoms with van der Waals surface area (Å²) in [6.07, 6.45) is 0. The lowest BCUT2D eigenvalue weighted by Crippen LogP contribution is -1.90. The first-order valence-electron chi connectivity index (χ1n) is 5.70. The minimum Gasteiger partial charge on any atom is -0.258 e. The van der Waals surface area contributed by atoms with Crippen LogP contribution in [-0.4, -0.2) is 9.91 Å². The summed E-state index contributed by atoms with van der Waals surface area (Å²) in [7, 11) is 0. The van der Waals surface area contributed by atoms with Gasteiger partial charge in [-0.25, -0.2) is 4.98 Å². The number of aromatic nitrogens is 1. The van der Waals surface area contributed by atoms with Crippen LogP contribution in [0.1, 0.15) is 5.56 Å². The molecule has 0 atom stereocenters. The summed E-state index contributed by atoms with van der Waals surface area (Å²) in [6, 6.07) is 10.3. The summed E-state index contributed by atoms with van der Waals surface area (Å²) >= 11 is 6.36. The second-order valence-corrected chi connectivity index (χ2v) is 4.78. The Morgan fingerprint density at radius 1 is 1.11 bits per heavy atom. The molecule has 5 heteroatoms. The Bertz CT molecular complexity index is 830. The smallest absolute Gasteiger partial charge is 0.258 e. The SMILES string of the molecule is Cc1ccc2nc3ccc([N+](=O)[O-])cc3c(Cl)c2c1. The first-order chi connectivity index (χ1) is 9.06. The van der Waals surface area contributed by atoms with Crippen LogP contribution >= 0.6 is 11.6 Å². The molecule has 4 nitrogen and oxygen atoms in total. The highest BCUT2D eigenvalue weighted by atomic mass is 35.5. The van der Waals surface area contributed by atoms with Gasteiger partial charge in [0.1, 0.15) is 0 Å². The number of non-ortho nitro benzene ring substituents is 1. The lowest BCUT2D eigenvalue weighted by Gasteiger charge is -2.06. The van der Waals surface area contributed by atoms with Crippen molar-refractivity contribution in [2.45, 2.75) is 6.92 Å². The minimum atomic E-state index is -0.434. The molecule has 0 fully saturated rings. The molecule has 1 heterocycles. The zero-order chi connectivity index (χ0) is 13.6. The largest absolute Gasteiger partial charge is 0.270 e. The van der Waals surface area contributed by atoms with Crippen LogP contribution < -0.4 is 0 Å². The lowest BCUT2D eigenvalue weighted by atomic mass is 10.1. The second-order valence-electron chi connectivity index (χ2n) is 4.40. The highest BCUT2D eigenvalue weighted by molar-refractivity contribution is 6.40. The molecule has 0 saturated carbocycles. The molecular formula is C14H9ClN2O2. The fourth-order valence-corrected chi connectivity index (χ4v) is 2.41. The van der Waals surface area contributed by atoms with E-state index in [0.717, 1.165) is 16.5 Å². The number of hydrogen-bond acceptors (Lipinski definition) is 3. The van der Waals surface area contributed by atoms with Gasteiger partial charge < -0.3 is 0 Å². The van der Waals surface area contributed by atoms with Gasteiger partial charge in [0.2, 0.25) is 0 Å². The molecule has 0 radical (unpaired) electrons. The summed E-state index contributed by atoms with van der Waals surface area (Å²) in [5.41, 5.74) is 2.54. The van der Waals surface area contributed by atoms with Gasteiger partial charge in [0.25, 0.3) is 5.69 Å². The van der Waals surface area contributed by atoms with Crippen LogP contribution in [0.3, 0.4) is 0 Å². The molecule has 3 aromatic rings. The zero-order valence-corrected chi connectivity index (χ0v) is 10.8. The van der Waals surface area contributed by atoms with Gasteiger partial charge in [-0.05, 0) is 25.1 Å². The molecule has 0 saturated heterocycles. The summed E-state index contributed by atoms with van der Waals surface area (Å²) in [5.74, 6) is 0. The predicted octanol–water partition coefficient (Wildman–Crippen LogP) is 4.26. The number of halogens is 1. The van der Waals surface area contributed by atoms with Gasteiger partial charge in [-0.1, -0.05) is 23.2 Å². The number of nitro groups is 1. The van der Waals surface area contributed by atoms with Gasteiger partial charge in [-0.2, -0.15) is 0 Å². The average Bonchev–Trinajstić information content (AvgIpc) is 2.39.